The number of halogens is 1. The van der Waals surface area contributed by atoms with E-state index in [9.17, 15) is 8.42 Å². The maximum Gasteiger partial charge on any atom is 0.221 e. The molecule has 4 nitrogen and oxygen atoms in total. The van der Waals surface area contributed by atoms with Crippen LogP contribution >= 0.6 is 15.9 Å². The molecule has 0 aliphatic rings. The van der Waals surface area contributed by atoms with Crippen molar-refractivity contribution >= 4 is 26.0 Å². The summed E-state index contributed by atoms with van der Waals surface area (Å²) in [7, 11) is -3.23. The SMILES string of the molecule is CCOCc1ccccc1CNS(=O)(=O)CBr. The molecule has 0 atom stereocenters. The number of ether oxygens (including phenoxy) is 1. The molecular formula is C11H16BrNO3S. The quantitative estimate of drug-likeness (QED) is 0.781. The smallest absolute Gasteiger partial charge is 0.221 e. The van der Waals surface area contributed by atoms with E-state index in [-0.39, 0.29) is 11.2 Å². The lowest BCUT2D eigenvalue weighted by Crippen LogP contribution is -2.24. The fraction of sp³-hybridized carbons (Fsp3) is 0.455. The summed E-state index contributed by atoms with van der Waals surface area (Å²) in [5, 5.41) is 0. The van der Waals surface area contributed by atoms with Gasteiger partial charge in [0.25, 0.3) is 0 Å². The zero-order valence-electron chi connectivity index (χ0n) is 9.65. The maximum absolute atomic E-state index is 11.3. The number of hydrogen-bond donors (Lipinski definition) is 1. The topological polar surface area (TPSA) is 55.4 Å². The Bertz CT molecular complexity index is 448. The number of nitrogens with one attached hydrogen (secondary N) is 1. The number of rotatable bonds is 7. The molecule has 0 amide bonds. The zero-order chi connectivity index (χ0) is 12.7. The number of alkyl halides is 1. The zero-order valence-corrected chi connectivity index (χ0v) is 12.1. The normalized spacial score (nSPS) is 11.6. The number of benzene rings is 1. The lowest BCUT2D eigenvalue weighted by atomic mass is 10.1. The highest BCUT2D eigenvalue weighted by atomic mass is 79.9. The van der Waals surface area contributed by atoms with Crippen molar-refractivity contribution in [1.82, 2.24) is 4.72 Å². The third-order valence-corrected chi connectivity index (χ3v) is 4.89. The Labute approximate surface area is 111 Å². The van der Waals surface area contributed by atoms with Crippen LogP contribution < -0.4 is 4.72 Å². The first-order chi connectivity index (χ1) is 8.09. The molecule has 0 saturated carbocycles. The van der Waals surface area contributed by atoms with Gasteiger partial charge in [-0.2, -0.15) is 0 Å². The molecule has 6 heteroatoms. The van der Waals surface area contributed by atoms with E-state index in [1.807, 2.05) is 31.2 Å². The molecule has 0 radical (unpaired) electrons. The van der Waals surface area contributed by atoms with Gasteiger partial charge in [-0.15, -0.1) is 0 Å². The van der Waals surface area contributed by atoms with Gasteiger partial charge in [0.05, 0.1) is 6.61 Å². The third-order valence-electron chi connectivity index (χ3n) is 2.21. The van der Waals surface area contributed by atoms with Crippen molar-refractivity contribution < 1.29 is 13.2 Å². The standard InChI is InChI=1S/C11H16BrNO3S/c1-2-16-8-11-6-4-3-5-10(11)7-13-17(14,15)9-12/h3-6,13H,2,7-9H2,1H3. The summed E-state index contributed by atoms with van der Waals surface area (Å²) in [6.07, 6.45) is 0. The van der Waals surface area contributed by atoms with Crippen LogP contribution in [0.2, 0.25) is 0 Å². The first kappa shape index (κ1) is 14.6. The van der Waals surface area contributed by atoms with Gasteiger partial charge in [-0.25, -0.2) is 13.1 Å². The van der Waals surface area contributed by atoms with Crippen molar-refractivity contribution in [3.63, 3.8) is 0 Å². The summed E-state index contributed by atoms with van der Waals surface area (Å²) >= 11 is 2.93. The summed E-state index contributed by atoms with van der Waals surface area (Å²) in [6.45, 7) is 3.36. The lowest BCUT2D eigenvalue weighted by molar-refractivity contribution is 0.133. The lowest BCUT2D eigenvalue weighted by Gasteiger charge is -2.10. The van der Waals surface area contributed by atoms with Gasteiger partial charge in [0, 0.05) is 13.2 Å². The fourth-order valence-electron chi connectivity index (χ4n) is 1.31. The van der Waals surface area contributed by atoms with Gasteiger partial charge < -0.3 is 4.74 Å². The van der Waals surface area contributed by atoms with Gasteiger partial charge in [0.15, 0.2) is 0 Å². The fourth-order valence-corrected chi connectivity index (χ4v) is 2.25. The molecule has 0 aliphatic heterocycles. The van der Waals surface area contributed by atoms with Crippen LogP contribution in [0.1, 0.15) is 18.1 Å². The van der Waals surface area contributed by atoms with E-state index in [0.29, 0.717) is 13.2 Å². The highest BCUT2D eigenvalue weighted by Crippen LogP contribution is 2.10. The summed E-state index contributed by atoms with van der Waals surface area (Å²) in [5.74, 6) is 0. The van der Waals surface area contributed by atoms with E-state index in [0.717, 1.165) is 11.1 Å². The highest BCUT2D eigenvalue weighted by Gasteiger charge is 2.08. The molecule has 1 rings (SSSR count). The van der Waals surface area contributed by atoms with Crippen LogP contribution in [0, 0.1) is 0 Å². The first-order valence-electron chi connectivity index (χ1n) is 5.27. The molecular weight excluding hydrogens is 306 g/mol. The van der Waals surface area contributed by atoms with E-state index in [1.54, 1.807) is 0 Å². The second kappa shape index (κ2) is 7.10. The van der Waals surface area contributed by atoms with Gasteiger partial charge in [-0.3, -0.25) is 0 Å². The number of hydrogen-bond acceptors (Lipinski definition) is 3. The van der Waals surface area contributed by atoms with E-state index >= 15 is 0 Å². The van der Waals surface area contributed by atoms with Crippen LogP contribution in [-0.4, -0.2) is 19.7 Å². The highest BCUT2D eigenvalue weighted by molar-refractivity contribution is 9.10. The molecule has 96 valence electrons. The van der Waals surface area contributed by atoms with Crippen molar-refractivity contribution in [2.24, 2.45) is 0 Å². The van der Waals surface area contributed by atoms with Crippen molar-refractivity contribution in [3.05, 3.63) is 35.4 Å². The largest absolute Gasteiger partial charge is 0.377 e. The summed E-state index contributed by atoms with van der Waals surface area (Å²) in [6, 6.07) is 7.63. The summed E-state index contributed by atoms with van der Waals surface area (Å²) < 4.78 is 30.4. The molecule has 1 aromatic carbocycles. The summed E-state index contributed by atoms with van der Waals surface area (Å²) in [5.41, 5.74) is 1.94. The average Bonchev–Trinajstić information content (AvgIpc) is 2.35. The van der Waals surface area contributed by atoms with Crippen LogP contribution in [-0.2, 0) is 27.9 Å². The van der Waals surface area contributed by atoms with Crippen LogP contribution in [0.25, 0.3) is 0 Å². The molecule has 0 aliphatic carbocycles. The van der Waals surface area contributed by atoms with Crippen molar-refractivity contribution in [2.75, 3.05) is 11.3 Å². The Morgan fingerprint density at radius 1 is 1.29 bits per heavy atom. The molecule has 0 heterocycles. The minimum Gasteiger partial charge on any atom is -0.377 e. The first-order valence-corrected chi connectivity index (χ1v) is 8.04. The molecule has 0 unspecified atom stereocenters. The van der Waals surface area contributed by atoms with Gasteiger partial charge in [0.2, 0.25) is 10.0 Å². The molecule has 0 aromatic heterocycles. The van der Waals surface area contributed by atoms with Gasteiger partial charge in [-0.1, -0.05) is 40.2 Å². The molecule has 0 saturated heterocycles. The molecule has 1 N–H and O–H groups in total. The van der Waals surface area contributed by atoms with Crippen molar-refractivity contribution in [1.29, 1.82) is 0 Å². The van der Waals surface area contributed by atoms with Crippen LogP contribution in [0.5, 0.6) is 0 Å². The van der Waals surface area contributed by atoms with Crippen LogP contribution in [0.4, 0.5) is 0 Å². The number of sulfonamides is 1. The second-order valence-electron chi connectivity index (χ2n) is 3.45. The second-order valence-corrected chi connectivity index (χ2v) is 6.56. The minimum atomic E-state index is -3.23. The van der Waals surface area contributed by atoms with E-state index in [4.69, 9.17) is 4.74 Å². The van der Waals surface area contributed by atoms with Crippen molar-refractivity contribution in [2.45, 2.75) is 20.1 Å². The van der Waals surface area contributed by atoms with E-state index in [2.05, 4.69) is 20.7 Å². The third kappa shape index (κ3) is 5.16. The van der Waals surface area contributed by atoms with Crippen LogP contribution in [0.3, 0.4) is 0 Å². The predicted octanol–water partition coefficient (Wildman–Crippen LogP) is 1.99. The Kier molecular flexibility index (Phi) is 6.11. The molecule has 1 aromatic rings. The Hall–Kier alpha value is -0.430. The minimum absolute atomic E-state index is 0.0897. The average molecular weight is 322 g/mol. The molecule has 0 fully saturated rings. The monoisotopic (exact) mass is 321 g/mol. The molecule has 0 bridgehead atoms. The predicted molar refractivity (Wildman–Crippen MR) is 71.3 cm³/mol. The van der Waals surface area contributed by atoms with Gasteiger partial charge in [0.1, 0.15) is 4.66 Å². The van der Waals surface area contributed by atoms with E-state index < -0.39 is 10.0 Å². The molecule has 17 heavy (non-hydrogen) atoms. The summed E-state index contributed by atoms with van der Waals surface area (Å²) in [4.78, 5) is 0. The Morgan fingerprint density at radius 2 is 1.94 bits per heavy atom. The van der Waals surface area contributed by atoms with Crippen molar-refractivity contribution in [3.8, 4) is 0 Å². The van der Waals surface area contributed by atoms with Gasteiger partial charge >= 0.3 is 0 Å². The maximum atomic E-state index is 11.3. The molecule has 0 spiro atoms. The van der Waals surface area contributed by atoms with E-state index in [1.165, 1.54) is 0 Å². The van der Waals surface area contributed by atoms with Gasteiger partial charge in [-0.05, 0) is 18.1 Å². The Morgan fingerprint density at radius 3 is 2.53 bits per heavy atom. The van der Waals surface area contributed by atoms with Crippen LogP contribution in [0.15, 0.2) is 24.3 Å². The Balaban J connectivity index is 2.70.